The summed E-state index contributed by atoms with van der Waals surface area (Å²) in [4.78, 5) is 17.2. The molecule has 0 unspecified atom stereocenters. The molecule has 0 spiro atoms. The average molecular weight is 495 g/mol. The summed E-state index contributed by atoms with van der Waals surface area (Å²) in [6.45, 7) is 7.08. The van der Waals surface area contributed by atoms with Gasteiger partial charge in [0, 0.05) is 37.5 Å². The van der Waals surface area contributed by atoms with E-state index in [0.29, 0.717) is 42.4 Å². The number of aromatic nitrogens is 2. The van der Waals surface area contributed by atoms with Gasteiger partial charge in [-0.3, -0.25) is 4.79 Å². The Morgan fingerprint density at radius 2 is 1.88 bits per heavy atom. The third-order valence-electron chi connectivity index (χ3n) is 5.37. The second kappa shape index (κ2) is 10.6. The summed E-state index contributed by atoms with van der Waals surface area (Å²) in [6.07, 6.45) is 1.25. The van der Waals surface area contributed by atoms with Gasteiger partial charge in [-0.15, -0.1) is 0 Å². The first-order valence-electron chi connectivity index (χ1n) is 10.9. The molecular formula is C23H28ClFN4O3S. The van der Waals surface area contributed by atoms with Crippen LogP contribution in [0.3, 0.4) is 0 Å². The first-order valence-corrected chi connectivity index (χ1v) is 12.8. The van der Waals surface area contributed by atoms with E-state index in [-0.39, 0.29) is 22.9 Å². The number of hydrogen-bond donors (Lipinski definition) is 1. The minimum absolute atomic E-state index is 0.0285. The number of carbonyl (C=O) groups is 1. The molecule has 0 aliphatic rings. The number of benzene rings is 2. The highest BCUT2D eigenvalue weighted by molar-refractivity contribution is 7.89. The smallest absolute Gasteiger partial charge is 0.243 e. The van der Waals surface area contributed by atoms with E-state index < -0.39 is 15.8 Å². The molecule has 0 saturated carbocycles. The number of nitrogens with zero attached hydrogens (tertiary/aromatic N) is 3. The molecule has 0 radical (unpaired) electrons. The second-order valence-electron chi connectivity index (χ2n) is 7.59. The Balaban J connectivity index is 1.85. The van der Waals surface area contributed by atoms with Crippen molar-refractivity contribution >= 4 is 44.3 Å². The predicted molar refractivity (Wildman–Crippen MR) is 128 cm³/mol. The number of imidazole rings is 1. The molecule has 2 aromatic carbocycles. The average Bonchev–Trinajstić information content (AvgIpc) is 3.12. The van der Waals surface area contributed by atoms with E-state index >= 15 is 0 Å². The molecule has 1 N–H and O–H groups in total. The fraction of sp³-hybridized carbons (Fsp3) is 0.391. The van der Waals surface area contributed by atoms with Crippen molar-refractivity contribution in [2.75, 3.05) is 18.4 Å². The predicted octanol–water partition coefficient (Wildman–Crippen LogP) is 4.84. The summed E-state index contributed by atoms with van der Waals surface area (Å²) < 4.78 is 43.1. The van der Waals surface area contributed by atoms with Crippen LogP contribution >= 0.6 is 11.6 Å². The van der Waals surface area contributed by atoms with Gasteiger partial charge in [0.25, 0.3) is 0 Å². The summed E-state index contributed by atoms with van der Waals surface area (Å²) in [5.41, 5.74) is 1.40. The highest BCUT2D eigenvalue weighted by Crippen LogP contribution is 2.24. The van der Waals surface area contributed by atoms with Crippen LogP contribution in [0.15, 0.2) is 41.3 Å². The number of aryl methyl sites for hydroxylation is 2. The fourth-order valence-electron chi connectivity index (χ4n) is 3.73. The first-order chi connectivity index (χ1) is 15.7. The molecule has 0 aliphatic carbocycles. The zero-order chi connectivity index (χ0) is 24.2. The van der Waals surface area contributed by atoms with Gasteiger partial charge in [-0.2, -0.15) is 4.31 Å². The number of fused-ring (bicyclic) bond motifs is 1. The lowest BCUT2D eigenvalue weighted by atomic mass is 10.2. The molecule has 0 atom stereocenters. The van der Waals surface area contributed by atoms with E-state index in [4.69, 9.17) is 11.6 Å². The lowest BCUT2D eigenvalue weighted by Gasteiger charge is -2.18. The highest BCUT2D eigenvalue weighted by atomic mass is 35.5. The van der Waals surface area contributed by atoms with Crippen LogP contribution in [-0.4, -0.2) is 41.3 Å². The second-order valence-corrected chi connectivity index (χ2v) is 9.97. The molecule has 1 heterocycles. The Hall–Kier alpha value is -2.49. The number of amides is 1. The minimum atomic E-state index is -3.60. The molecule has 3 rings (SSSR count). The van der Waals surface area contributed by atoms with Gasteiger partial charge in [-0.25, -0.2) is 17.8 Å². The SMILES string of the molecule is CCCn1c(CCC(=O)Nc2cc(Cl)ccc2F)nc2cc(S(=O)(=O)N(CC)CC)ccc21. The summed E-state index contributed by atoms with van der Waals surface area (Å²) in [7, 11) is -3.60. The molecule has 0 bridgehead atoms. The van der Waals surface area contributed by atoms with Crippen molar-refractivity contribution in [3.8, 4) is 0 Å². The molecule has 1 amide bonds. The van der Waals surface area contributed by atoms with E-state index in [1.165, 1.54) is 22.5 Å². The monoisotopic (exact) mass is 494 g/mol. The van der Waals surface area contributed by atoms with E-state index in [0.717, 1.165) is 11.9 Å². The molecular weight excluding hydrogens is 467 g/mol. The molecule has 1 aromatic heterocycles. The van der Waals surface area contributed by atoms with Crippen molar-refractivity contribution in [2.45, 2.75) is 51.5 Å². The zero-order valence-electron chi connectivity index (χ0n) is 18.9. The number of nitrogens with one attached hydrogen (secondary N) is 1. The molecule has 3 aromatic rings. The number of anilines is 1. The largest absolute Gasteiger partial charge is 0.328 e. The van der Waals surface area contributed by atoms with Gasteiger partial charge in [0.05, 0.1) is 21.6 Å². The summed E-state index contributed by atoms with van der Waals surface area (Å²) >= 11 is 5.88. The number of sulfonamides is 1. The molecule has 10 heteroatoms. The van der Waals surface area contributed by atoms with Crippen LogP contribution in [0.5, 0.6) is 0 Å². The first kappa shape index (κ1) is 25.1. The molecule has 33 heavy (non-hydrogen) atoms. The quantitative estimate of drug-likeness (QED) is 0.437. The Kier molecular flexibility index (Phi) is 8.10. The van der Waals surface area contributed by atoms with Gasteiger partial charge in [-0.1, -0.05) is 32.4 Å². The van der Waals surface area contributed by atoms with Gasteiger partial charge >= 0.3 is 0 Å². The van der Waals surface area contributed by atoms with Crippen LogP contribution < -0.4 is 5.32 Å². The van der Waals surface area contributed by atoms with Crippen LogP contribution in [-0.2, 0) is 27.8 Å². The summed E-state index contributed by atoms with van der Waals surface area (Å²) in [6, 6.07) is 8.91. The van der Waals surface area contributed by atoms with Crippen LogP contribution in [0.1, 0.15) is 39.4 Å². The third-order valence-corrected chi connectivity index (χ3v) is 7.65. The Morgan fingerprint density at radius 3 is 2.55 bits per heavy atom. The van der Waals surface area contributed by atoms with Crippen molar-refractivity contribution in [3.05, 3.63) is 53.1 Å². The van der Waals surface area contributed by atoms with Crippen LogP contribution in [0.4, 0.5) is 10.1 Å². The third kappa shape index (κ3) is 5.54. The van der Waals surface area contributed by atoms with E-state index in [2.05, 4.69) is 10.3 Å². The normalized spacial score (nSPS) is 11.9. The Morgan fingerprint density at radius 1 is 1.15 bits per heavy atom. The molecule has 0 saturated heterocycles. The minimum Gasteiger partial charge on any atom is -0.328 e. The number of rotatable bonds is 10. The van der Waals surface area contributed by atoms with Crippen molar-refractivity contribution in [1.82, 2.24) is 13.9 Å². The number of carbonyl (C=O) groups excluding carboxylic acids is 1. The van der Waals surface area contributed by atoms with Crippen molar-refractivity contribution < 1.29 is 17.6 Å². The lowest BCUT2D eigenvalue weighted by molar-refractivity contribution is -0.116. The lowest BCUT2D eigenvalue weighted by Crippen LogP contribution is -2.30. The maximum atomic E-state index is 13.9. The molecule has 178 valence electrons. The fourth-order valence-corrected chi connectivity index (χ4v) is 5.38. The maximum absolute atomic E-state index is 13.9. The Bertz CT molecular complexity index is 1260. The van der Waals surface area contributed by atoms with Crippen LogP contribution in [0.2, 0.25) is 5.02 Å². The standard InChI is InChI=1S/C23H28ClFN4O3S/c1-4-13-29-21-10-8-17(33(31,32)28(5-2)6-3)15-20(21)26-22(29)11-12-23(30)27-19-14-16(24)7-9-18(19)25/h7-10,14-15H,4-6,11-13H2,1-3H3,(H,27,30). The maximum Gasteiger partial charge on any atom is 0.243 e. The summed E-state index contributed by atoms with van der Waals surface area (Å²) in [5, 5.41) is 2.87. The van der Waals surface area contributed by atoms with Gasteiger partial charge < -0.3 is 9.88 Å². The van der Waals surface area contributed by atoms with Gasteiger partial charge in [-0.05, 0) is 42.8 Å². The number of halogens is 2. The Labute approximate surface area is 198 Å². The van der Waals surface area contributed by atoms with Gasteiger partial charge in [0.1, 0.15) is 11.6 Å². The molecule has 7 nitrogen and oxygen atoms in total. The van der Waals surface area contributed by atoms with Gasteiger partial charge in [0.2, 0.25) is 15.9 Å². The van der Waals surface area contributed by atoms with E-state index in [1.807, 2.05) is 11.5 Å². The highest BCUT2D eigenvalue weighted by Gasteiger charge is 2.23. The van der Waals surface area contributed by atoms with Crippen LogP contribution in [0.25, 0.3) is 11.0 Å². The molecule has 0 aliphatic heterocycles. The van der Waals surface area contributed by atoms with E-state index in [1.54, 1.807) is 32.0 Å². The van der Waals surface area contributed by atoms with E-state index in [9.17, 15) is 17.6 Å². The van der Waals surface area contributed by atoms with Crippen molar-refractivity contribution in [2.24, 2.45) is 0 Å². The number of hydrogen-bond acceptors (Lipinski definition) is 4. The zero-order valence-corrected chi connectivity index (χ0v) is 20.5. The van der Waals surface area contributed by atoms with Crippen LogP contribution in [0, 0.1) is 5.82 Å². The van der Waals surface area contributed by atoms with Crippen molar-refractivity contribution in [1.29, 1.82) is 0 Å². The van der Waals surface area contributed by atoms with Gasteiger partial charge in [0.15, 0.2) is 0 Å². The molecule has 0 fully saturated rings. The summed E-state index contributed by atoms with van der Waals surface area (Å²) in [5.74, 6) is -0.255. The topological polar surface area (TPSA) is 84.3 Å². The van der Waals surface area contributed by atoms with Crippen molar-refractivity contribution in [3.63, 3.8) is 0 Å².